The van der Waals surface area contributed by atoms with Crippen molar-refractivity contribution in [2.75, 3.05) is 0 Å². The minimum absolute atomic E-state index is 0.704. The van der Waals surface area contributed by atoms with Gasteiger partial charge < -0.3 is 0 Å². The van der Waals surface area contributed by atoms with E-state index in [0.29, 0.717) is 4.88 Å². The van der Waals surface area contributed by atoms with Gasteiger partial charge in [0.2, 0.25) is 0 Å². The van der Waals surface area contributed by atoms with Crippen LogP contribution in [0.4, 0.5) is 0 Å². The minimum atomic E-state index is 0.704. The van der Waals surface area contributed by atoms with Crippen LogP contribution in [0.3, 0.4) is 0 Å². The summed E-state index contributed by atoms with van der Waals surface area (Å²) >= 11 is 4.74. The van der Waals surface area contributed by atoms with Crippen LogP contribution in [0.15, 0.2) is 22.8 Å². The molecule has 58 valence electrons. The predicted molar refractivity (Wildman–Crippen MR) is 52.0 cm³/mol. The van der Waals surface area contributed by atoms with Crippen LogP contribution >= 0.6 is 27.3 Å². The Kier molecular flexibility index (Phi) is 1.83. The van der Waals surface area contributed by atoms with Crippen molar-refractivity contribution in [2.45, 2.75) is 0 Å². The standard InChI is InChI=1S/C8H3BrN2S/c9-6-1-5-2-7(3-10)12-8(5)11-4-6/h1-2,4H. The third-order valence-corrected chi connectivity index (χ3v) is 2.85. The van der Waals surface area contributed by atoms with Crippen molar-refractivity contribution < 1.29 is 0 Å². The van der Waals surface area contributed by atoms with Gasteiger partial charge in [0.15, 0.2) is 0 Å². The summed E-state index contributed by atoms with van der Waals surface area (Å²) in [6, 6.07) is 5.90. The fourth-order valence-corrected chi connectivity index (χ4v) is 2.09. The molecule has 2 nitrogen and oxygen atoms in total. The van der Waals surface area contributed by atoms with E-state index in [1.807, 2.05) is 12.1 Å². The molecule has 12 heavy (non-hydrogen) atoms. The molecule has 2 heterocycles. The Morgan fingerprint density at radius 2 is 2.33 bits per heavy atom. The summed E-state index contributed by atoms with van der Waals surface area (Å²) in [5.41, 5.74) is 0. The summed E-state index contributed by atoms with van der Waals surface area (Å²) < 4.78 is 0.942. The number of hydrogen-bond donors (Lipinski definition) is 0. The summed E-state index contributed by atoms with van der Waals surface area (Å²) in [6.07, 6.45) is 1.74. The zero-order valence-corrected chi connectivity index (χ0v) is 8.32. The van der Waals surface area contributed by atoms with Gasteiger partial charge in [-0.3, -0.25) is 0 Å². The highest BCUT2D eigenvalue weighted by Crippen LogP contribution is 2.25. The van der Waals surface area contributed by atoms with Crippen molar-refractivity contribution in [1.29, 1.82) is 5.26 Å². The van der Waals surface area contributed by atoms with Crippen molar-refractivity contribution in [3.05, 3.63) is 27.7 Å². The summed E-state index contributed by atoms with van der Waals surface area (Å²) in [7, 11) is 0. The molecular formula is C8H3BrN2S. The molecule has 0 saturated carbocycles. The van der Waals surface area contributed by atoms with Crippen LogP contribution in [0.2, 0.25) is 0 Å². The number of pyridine rings is 1. The first-order valence-electron chi connectivity index (χ1n) is 3.25. The van der Waals surface area contributed by atoms with Gasteiger partial charge in [-0.1, -0.05) is 0 Å². The molecule has 0 atom stereocenters. The number of aromatic nitrogens is 1. The van der Waals surface area contributed by atoms with Crippen LogP contribution < -0.4 is 0 Å². The lowest BCUT2D eigenvalue weighted by atomic mass is 10.3. The molecule has 0 radical (unpaired) electrons. The van der Waals surface area contributed by atoms with E-state index in [0.717, 1.165) is 14.7 Å². The number of nitriles is 1. The topological polar surface area (TPSA) is 36.7 Å². The van der Waals surface area contributed by atoms with Crippen molar-refractivity contribution >= 4 is 37.5 Å². The number of hydrogen-bond acceptors (Lipinski definition) is 3. The Labute approximate surface area is 81.6 Å². The second-order valence-corrected chi connectivity index (χ2v) is 4.22. The van der Waals surface area contributed by atoms with Crippen molar-refractivity contribution in [3.63, 3.8) is 0 Å². The van der Waals surface area contributed by atoms with Gasteiger partial charge >= 0.3 is 0 Å². The van der Waals surface area contributed by atoms with Crippen LogP contribution in [0, 0.1) is 11.3 Å². The zero-order chi connectivity index (χ0) is 8.55. The lowest BCUT2D eigenvalue weighted by Crippen LogP contribution is -1.69. The molecule has 2 aromatic heterocycles. The van der Waals surface area contributed by atoms with Crippen LogP contribution in [-0.4, -0.2) is 4.98 Å². The average molecular weight is 239 g/mol. The minimum Gasteiger partial charge on any atom is -0.244 e. The average Bonchev–Trinajstić information content (AvgIpc) is 2.46. The molecule has 0 aliphatic rings. The molecule has 0 amide bonds. The van der Waals surface area contributed by atoms with Gasteiger partial charge in [-0.25, -0.2) is 4.98 Å². The van der Waals surface area contributed by atoms with Gasteiger partial charge in [0.1, 0.15) is 15.8 Å². The first-order chi connectivity index (χ1) is 5.79. The summed E-state index contributed by atoms with van der Waals surface area (Å²) in [5, 5.41) is 9.65. The van der Waals surface area contributed by atoms with E-state index in [2.05, 4.69) is 27.0 Å². The van der Waals surface area contributed by atoms with E-state index in [-0.39, 0.29) is 0 Å². The molecule has 0 aromatic carbocycles. The maximum atomic E-state index is 8.63. The first-order valence-corrected chi connectivity index (χ1v) is 4.86. The summed E-state index contributed by atoms with van der Waals surface area (Å²) in [6.45, 7) is 0. The van der Waals surface area contributed by atoms with Gasteiger partial charge in [-0.15, -0.1) is 11.3 Å². The van der Waals surface area contributed by atoms with Gasteiger partial charge in [-0.2, -0.15) is 5.26 Å². The van der Waals surface area contributed by atoms with Crippen molar-refractivity contribution in [3.8, 4) is 6.07 Å². The van der Waals surface area contributed by atoms with E-state index < -0.39 is 0 Å². The molecular weight excluding hydrogens is 236 g/mol. The van der Waals surface area contributed by atoms with Gasteiger partial charge in [0.05, 0.1) is 0 Å². The predicted octanol–water partition coefficient (Wildman–Crippen LogP) is 2.93. The first kappa shape index (κ1) is 7.71. The molecule has 2 aromatic rings. The number of halogens is 1. The molecule has 0 aliphatic heterocycles. The van der Waals surface area contributed by atoms with Gasteiger partial charge in [0.25, 0.3) is 0 Å². The highest BCUT2D eigenvalue weighted by Gasteiger charge is 2.01. The maximum Gasteiger partial charge on any atom is 0.124 e. The number of fused-ring (bicyclic) bond motifs is 1. The molecule has 0 N–H and O–H groups in total. The van der Waals surface area contributed by atoms with Crippen LogP contribution in [0.1, 0.15) is 4.88 Å². The second-order valence-electron chi connectivity index (χ2n) is 2.27. The van der Waals surface area contributed by atoms with Crippen LogP contribution in [0.25, 0.3) is 10.2 Å². The highest BCUT2D eigenvalue weighted by molar-refractivity contribution is 9.10. The van der Waals surface area contributed by atoms with Crippen molar-refractivity contribution in [1.82, 2.24) is 4.98 Å². The largest absolute Gasteiger partial charge is 0.244 e. The highest BCUT2D eigenvalue weighted by atomic mass is 79.9. The maximum absolute atomic E-state index is 8.63. The monoisotopic (exact) mass is 238 g/mol. The van der Waals surface area contributed by atoms with Crippen LogP contribution in [-0.2, 0) is 0 Å². The number of thiophene rings is 1. The number of rotatable bonds is 0. The second kappa shape index (κ2) is 2.85. The Morgan fingerprint density at radius 1 is 1.50 bits per heavy atom. The van der Waals surface area contributed by atoms with E-state index in [9.17, 15) is 0 Å². The molecule has 0 spiro atoms. The van der Waals surface area contributed by atoms with E-state index in [1.165, 1.54) is 11.3 Å². The third kappa shape index (κ3) is 1.22. The van der Waals surface area contributed by atoms with Gasteiger partial charge in [-0.05, 0) is 28.1 Å². The molecule has 4 heteroatoms. The normalized spacial score (nSPS) is 10.0. The van der Waals surface area contributed by atoms with Gasteiger partial charge in [0, 0.05) is 16.1 Å². The Balaban J connectivity index is 2.77. The SMILES string of the molecule is N#Cc1cc2cc(Br)cnc2s1. The van der Waals surface area contributed by atoms with E-state index in [1.54, 1.807) is 6.20 Å². The summed E-state index contributed by atoms with van der Waals surface area (Å²) in [4.78, 5) is 5.79. The molecule has 0 fully saturated rings. The quantitative estimate of drug-likeness (QED) is 0.708. The van der Waals surface area contributed by atoms with Crippen LogP contribution in [0.5, 0.6) is 0 Å². The lowest BCUT2D eigenvalue weighted by Gasteiger charge is -1.87. The molecule has 0 unspecified atom stereocenters. The number of nitrogens with zero attached hydrogens (tertiary/aromatic N) is 2. The Morgan fingerprint density at radius 3 is 3.08 bits per heavy atom. The fourth-order valence-electron chi connectivity index (χ4n) is 0.961. The third-order valence-electron chi connectivity index (χ3n) is 1.45. The van der Waals surface area contributed by atoms with Crippen molar-refractivity contribution in [2.24, 2.45) is 0 Å². The molecule has 0 bridgehead atoms. The fraction of sp³-hybridized carbons (Fsp3) is 0. The van der Waals surface area contributed by atoms with E-state index >= 15 is 0 Å². The lowest BCUT2D eigenvalue weighted by molar-refractivity contribution is 1.42. The Bertz CT molecular complexity index is 469. The molecule has 0 aliphatic carbocycles. The smallest absolute Gasteiger partial charge is 0.124 e. The Hall–Kier alpha value is -0.920. The zero-order valence-electron chi connectivity index (χ0n) is 5.91. The molecule has 0 saturated heterocycles. The summed E-state index contributed by atoms with van der Waals surface area (Å²) in [5.74, 6) is 0. The molecule has 2 rings (SSSR count). The van der Waals surface area contributed by atoms with E-state index in [4.69, 9.17) is 5.26 Å².